The van der Waals surface area contributed by atoms with Gasteiger partial charge in [-0.2, -0.15) is 0 Å². The second-order valence-corrected chi connectivity index (χ2v) is 9.67. The lowest BCUT2D eigenvalue weighted by molar-refractivity contribution is -0.384. The van der Waals surface area contributed by atoms with Crippen LogP contribution in [0.15, 0.2) is 78.0 Å². The van der Waals surface area contributed by atoms with E-state index in [9.17, 15) is 14.9 Å². The van der Waals surface area contributed by atoms with E-state index in [2.05, 4.69) is 16.8 Å². The Kier molecular flexibility index (Phi) is 9.22. The van der Waals surface area contributed by atoms with E-state index in [1.54, 1.807) is 32.0 Å². The highest BCUT2D eigenvalue weighted by atomic mass is 32.2. The number of nitrogens with one attached hydrogen (secondary N) is 1. The number of hydrogen-bond donors (Lipinski definition) is 1. The zero-order valence-corrected chi connectivity index (χ0v) is 22.9. The molecule has 0 aliphatic carbocycles. The maximum atomic E-state index is 12.5. The van der Waals surface area contributed by atoms with Gasteiger partial charge < -0.3 is 19.4 Å². The normalized spacial score (nSPS) is 10.7. The van der Waals surface area contributed by atoms with Gasteiger partial charge in [-0.1, -0.05) is 24.8 Å². The number of rotatable bonds is 12. The molecule has 0 atom stereocenters. The minimum absolute atomic E-state index is 0.115. The van der Waals surface area contributed by atoms with Crippen LogP contribution in [-0.4, -0.2) is 46.9 Å². The van der Waals surface area contributed by atoms with Crippen molar-refractivity contribution in [2.75, 3.05) is 26.5 Å². The summed E-state index contributed by atoms with van der Waals surface area (Å²) in [7, 11) is 3.28. The van der Waals surface area contributed by atoms with Gasteiger partial charge in [-0.15, -0.1) is 0 Å². The highest BCUT2D eigenvalue weighted by Crippen LogP contribution is 2.37. The summed E-state index contributed by atoms with van der Waals surface area (Å²) in [5, 5.41) is 14.7. The zero-order valence-electron chi connectivity index (χ0n) is 22.0. The summed E-state index contributed by atoms with van der Waals surface area (Å²) in [5.41, 5.74) is 4.00. The first-order valence-corrected chi connectivity index (χ1v) is 13.5. The number of nitro benzene ring substituents is 1. The SMILES string of the molecule is CCCn1c(SCCNC(=O)c2cccc([N+](=O)[O-])c2)nc(-c2ccc(OC)cc2)c1-c1ccc(OC)cc1. The standard InChI is InChI=1S/C29H30N4O5S/c1-4-17-32-27(21-10-14-25(38-3)15-11-21)26(20-8-12-24(37-2)13-9-20)31-29(32)39-18-16-30-28(34)22-6-5-7-23(19-22)33(35)36/h5-15,19H,4,16-18H2,1-3H3,(H,30,34). The fourth-order valence-electron chi connectivity index (χ4n) is 4.13. The molecule has 0 fully saturated rings. The number of amides is 1. The van der Waals surface area contributed by atoms with Crippen LogP contribution >= 0.6 is 11.8 Å². The molecule has 3 aromatic carbocycles. The van der Waals surface area contributed by atoms with E-state index in [1.807, 2.05) is 48.5 Å². The van der Waals surface area contributed by atoms with Crippen LogP contribution in [0.2, 0.25) is 0 Å². The topological polar surface area (TPSA) is 109 Å². The Balaban J connectivity index is 1.59. The molecule has 0 saturated carbocycles. The Hall–Kier alpha value is -4.31. The van der Waals surface area contributed by atoms with Gasteiger partial charge in [0.05, 0.1) is 30.5 Å². The van der Waals surface area contributed by atoms with E-state index >= 15 is 0 Å². The van der Waals surface area contributed by atoms with E-state index < -0.39 is 4.92 Å². The molecule has 1 heterocycles. The van der Waals surface area contributed by atoms with Crippen LogP contribution < -0.4 is 14.8 Å². The average molecular weight is 547 g/mol. The summed E-state index contributed by atoms with van der Waals surface area (Å²) in [6.07, 6.45) is 0.915. The Morgan fingerprint density at radius 2 is 1.64 bits per heavy atom. The molecule has 4 rings (SSSR count). The predicted molar refractivity (Wildman–Crippen MR) is 153 cm³/mol. The van der Waals surface area contributed by atoms with Gasteiger partial charge in [-0.3, -0.25) is 14.9 Å². The molecule has 0 aliphatic rings. The molecule has 0 saturated heterocycles. The Labute approximate surface area is 231 Å². The van der Waals surface area contributed by atoms with Crippen LogP contribution in [-0.2, 0) is 6.54 Å². The summed E-state index contributed by atoms with van der Waals surface area (Å²) >= 11 is 1.55. The third-order valence-corrected chi connectivity index (χ3v) is 7.02. The van der Waals surface area contributed by atoms with E-state index in [0.717, 1.165) is 52.1 Å². The molecule has 202 valence electrons. The fourth-order valence-corrected chi connectivity index (χ4v) is 5.02. The van der Waals surface area contributed by atoms with Crippen molar-refractivity contribution in [3.8, 4) is 34.0 Å². The third kappa shape index (κ3) is 6.58. The number of nitrogens with zero attached hydrogens (tertiary/aromatic N) is 3. The molecule has 0 aliphatic heterocycles. The third-order valence-electron chi connectivity index (χ3n) is 6.04. The Morgan fingerprint density at radius 3 is 2.23 bits per heavy atom. The van der Waals surface area contributed by atoms with Gasteiger partial charge >= 0.3 is 0 Å². The highest BCUT2D eigenvalue weighted by Gasteiger charge is 2.20. The number of carbonyl (C=O) groups excluding carboxylic acids is 1. The monoisotopic (exact) mass is 546 g/mol. The lowest BCUT2D eigenvalue weighted by atomic mass is 10.0. The highest BCUT2D eigenvalue weighted by molar-refractivity contribution is 7.99. The Morgan fingerprint density at radius 1 is 1.00 bits per heavy atom. The minimum Gasteiger partial charge on any atom is -0.497 e. The van der Waals surface area contributed by atoms with Gasteiger partial charge in [-0.25, -0.2) is 4.98 Å². The number of hydrogen-bond acceptors (Lipinski definition) is 7. The van der Waals surface area contributed by atoms with E-state index in [-0.39, 0.29) is 17.2 Å². The maximum absolute atomic E-state index is 12.5. The van der Waals surface area contributed by atoms with E-state index in [1.165, 1.54) is 18.2 Å². The molecule has 4 aromatic rings. The summed E-state index contributed by atoms with van der Waals surface area (Å²) in [5.74, 6) is 1.77. The molecule has 39 heavy (non-hydrogen) atoms. The van der Waals surface area contributed by atoms with Crippen molar-refractivity contribution in [2.24, 2.45) is 0 Å². The summed E-state index contributed by atoms with van der Waals surface area (Å²) in [6.45, 7) is 3.27. The molecule has 0 unspecified atom stereocenters. The number of nitro groups is 1. The average Bonchev–Trinajstić information content (AvgIpc) is 3.33. The maximum Gasteiger partial charge on any atom is 0.270 e. The number of methoxy groups -OCH3 is 2. The van der Waals surface area contributed by atoms with Crippen LogP contribution in [0.4, 0.5) is 5.69 Å². The summed E-state index contributed by atoms with van der Waals surface area (Å²) in [6, 6.07) is 21.5. The fraction of sp³-hybridized carbons (Fsp3) is 0.241. The second-order valence-electron chi connectivity index (χ2n) is 8.61. The molecular formula is C29H30N4O5S. The lowest BCUT2D eigenvalue weighted by Crippen LogP contribution is -2.25. The molecular weight excluding hydrogens is 516 g/mol. The van der Waals surface area contributed by atoms with Crippen LogP contribution in [0.25, 0.3) is 22.5 Å². The molecule has 1 aromatic heterocycles. The van der Waals surface area contributed by atoms with Crippen molar-refractivity contribution in [2.45, 2.75) is 25.0 Å². The largest absolute Gasteiger partial charge is 0.497 e. The number of benzene rings is 3. The smallest absolute Gasteiger partial charge is 0.270 e. The number of aromatic nitrogens is 2. The van der Waals surface area contributed by atoms with Gasteiger partial charge in [0, 0.05) is 47.7 Å². The van der Waals surface area contributed by atoms with Gasteiger partial charge in [0.2, 0.25) is 0 Å². The van der Waals surface area contributed by atoms with Crippen LogP contribution in [0, 0.1) is 10.1 Å². The van der Waals surface area contributed by atoms with Crippen LogP contribution in [0.5, 0.6) is 11.5 Å². The van der Waals surface area contributed by atoms with Crippen molar-refractivity contribution < 1.29 is 19.2 Å². The van der Waals surface area contributed by atoms with Gasteiger partial charge in [0.25, 0.3) is 11.6 Å². The Bertz CT molecular complexity index is 1440. The summed E-state index contributed by atoms with van der Waals surface area (Å²) < 4.78 is 12.9. The first-order chi connectivity index (χ1) is 18.9. The first kappa shape index (κ1) is 27.7. The number of imidazole rings is 1. The predicted octanol–water partition coefficient (Wildman–Crippen LogP) is 6.07. The first-order valence-electron chi connectivity index (χ1n) is 12.5. The molecule has 1 amide bonds. The van der Waals surface area contributed by atoms with Crippen molar-refractivity contribution >= 4 is 23.4 Å². The number of thioether (sulfide) groups is 1. The molecule has 10 heteroatoms. The van der Waals surface area contributed by atoms with Crippen LogP contribution in [0.3, 0.4) is 0 Å². The van der Waals surface area contributed by atoms with Crippen molar-refractivity contribution in [3.63, 3.8) is 0 Å². The molecule has 1 N–H and O–H groups in total. The summed E-state index contributed by atoms with van der Waals surface area (Å²) in [4.78, 5) is 28.1. The van der Waals surface area contributed by atoms with E-state index in [4.69, 9.17) is 14.5 Å². The molecule has 0 radical (unpaired) electrons. The minimum atomic E-state index is -0.513. The quantitative estimate of drug-likeness (QED) is 0.0993. The van der Waals surface area contributed by atoms with Crippen LogP contribution in [0.1, 0.15) is 23.7 Å². The van der Waals surface area contributed by atoms with Crippen molar-refractivity contribution in [1.29, 1.82) is 0 Å². The number of ether oxygens (including phenoxy) is 2. The van der Waals surface area contributed by atoms with Crippen molar-refractivity contribution in [3.05, 3.63) is 88.5 Å². The van der Waals surface area contributed by atoms with Crippen molar-refractivity contribution in [1.82, 2.24) is 14.9 Å². The number of non-ortho nitro benzene ring substituents is 1. The van der Waals surface area contributed by atoms with Gasteiger partial charge in [0.1, 0.15) is 11.5 Å². The molecule has 0 spiro atoms. The molecule has 0 bridgehead atoms. The van der Waals surface area contributed by atoms with Gasteiger partial charge in [-0.05, 0) is 61.0 Å². The second kappa shape index (κ2) is 13.0. The van der Waals surface area contributed by atoms with E-state index in [0.29, 0.717) is 12.3 Å². The lowest BCUT2D eigenvalue weighted by Gasteiger charge is -2.13. The van der Waals surface area contributed by atoms with Gasteiger partial charge in [0.15, 0.2) is 5.16 Å². The molecule has 9 nitrogen and oxygen atoms in total. The number of carbonyl (C=O) groups is 1. The zero-order chi connectivity index (χ0) is 27.8.